The summed E-state index contributed by atoms with van der Waals surface area (Å²) in [6.07, 6.45) is 0. The molecule has 0 heterocycles. The molecule has 5 heteroatoms. The van der Waals surface area contributed by atoms with Gasteiger partial charge in [-0.05, 0) is 43.0 Å². The number of hydrogen-bond donors (Lipinski definition) is 1. The van der Waals surface area contributed by atoms with Crippen LogP contribution in [-0.4, -0.2) is 8.42 Å². The van der Waals surface area contributed by atoms with Crippen LogP contribution in [0.2, 0.25) is 0 Å². The van der Waals surface area contributed by atoms with Gasteiger partial charge in [-0.25, -0.2) is 13.1 Å². The number of aryl methyl sites for hydroxylation is 2. The normalized spacial score (nSPS) is 11.6. The molecule has 21 heavy (non-hydrogen) atoms. The fraction of sp³-hybridized carbons (Fsp3) is 0.250. The summed E-state index contributed by atoms with van der Waals surface area (Å²) in [5, 5.41) is 0. The predicted molar refractivity (Wildman–Crippen MR) is 88.8 cm³/mol. The van der Waals surface area contributed by atoms with E-state index in [4.69, 9.17) is 0 Å². The molecule has 0 unspecified atom stereocenters. The van der Waals surface area contributed by atoms with Crippen molar-refractivity contribution >= 4 is 26.0 Å². The van der Waals surface area contributed by atoms with Gasteiger partial charge in [0.2, 0.25) is 10.0 Å². The van der Waals surface area contributed by atoms with Crippen molar-refractivity contribution in [1.82, 2.24) is 4.72 Å². The highest BCUT2D eigenvalue weighted by molar-refractivity contribution is 9.10. The van der Waals surface area contributed by atoms with E-state index in [2.05, 4.69) is 20.7 Å². The molecular formula is C16H18BrNO2S. The van der Waals surface area contributed by atoms with E-state index in [0.29, 0.717) is 4.90 Å². The number of benzene rings is 2. The van der Waals surface area contributed by atoms with Crippen molar-refractivity contribution < 1.29 is 8.42 Å². The largest absolute Gasteiger partial charge is 0.241 e. The molecule has 2 rings (SSSR count). The average Bonchev–Trinajstić information content (AvgIpc) is 2.44. The van der Waals surface area contributed by atoms with E-state index in [0.717, 1.165) is 26.7 Å². The Balaban J connectivity index is 2.35. The van der Waals surface area contributed by atoms with E-state index in [9.17, 15) is 8.42 Å². The quantitative estimate of drug-likeness (QED) is 0.891. The third-order valence-electron chi connectivity index (χ3n) is 3.39. The summed E-state index contributed by atoms with van der Waals surface area (Å²) >= 11 is 3.46. The SMILES string of the molecule is Cc1cc(C)c(S(=O)(=O)NCc2ccccc2)c(C)c1Br. The minimum absolute atomic E-state index is 0.285. The molecule has 0 amide bonds. The predicted octanol–water partition coefficient (Wildman–Crippen LogP) is 3.85. The molecule has 0 atom stereocenters. The Morgan fingerprint density at radius 1 is 1.05 bits per heavy atom. The monoisotopic (exact) mass is 367 g/mol. The van der Waals surface area contributed by atoms with E-state index in [1.807, 2.05) is 57.2 Å². The van der Waals surface area contributed by atoms with Crippen LogP contribution in [0, 0.1) is 20.8 Å². The van der Waals surface area contributed by atoms with Gasteiger partial charge in [0.1, 0.15) is 0 Å². The maximum Gasteiger partial charge on any atom is 0.241 e. The first-order valence-corrected chi connectivity index (χ1v) is 8.90. The van der Waals surface area contributed by atoms with E-state index < -0.39 is 10.0 Å². The van der Waals surface area contributed by atoms with Gasteiger partial charge in [-0.15, -0.1) is 0 Å². The van der Waals surface area contributed by atoms with Crippen molar-refractivity contribution in [3.8, 4) is 0 Å². The third-order valence-corrected chi connectivity index (χ3v) is 6.30. The van der Waals surface area contributed by atoms with Crippen LogP contribution in [0.5, 0.6) is 0 Å². The third kappa shape index (κ3) is 3.54. The van der Waals surface area contributed by atoms with Gasteiger partial charge in [0.05, 0.1) is 4.90 Å². The summed E-state index contributed by atoms with van der Waals surface area (Å²) in [6, 6.07) is 11.4. The van der Waals surface area contributed by atoms with Gasteiger partial charge in [-0.3, -0.25) is 0 Å². The highest BCUT2D eigenvalue weighted by Crippen LogP contribution is 2.30. The van der Waals surface area contributed by atoms with Crippen molar-refractivity contribution in [2.75, 3.05) is 0 Å². The van der Waals surface area contributed by atoms with Crippen molar-refractivity contribution in [3.05, 3.63) is 63.1 Å². The van der Waals surface area contributed by atoms with Gasteiger partial charge in [0, 0.05) is 11.0 Å². The Morgan fingerprint density at radius 3 is 2.29 bits per heavy atom. The van der Waals surface area contributed by atoms with Gasteiger partial charge >= 0.3 is 0 Å². The van der Waals surface area contributed by atoms with Crippen molar-refractivity contribution in [3.63, 3.8) is 0 Å². The number of sulfonamides is 1. The molecule has 0 aliphatic carbocycles. The lowest BCUT2D eigenvalue weighted by Crippen LogP contribution is -2.25. The Labute approximate surface area is 134 Å². The molecule has 0 aliphatic heterocycles. The maximum absolute atomic E-state index is 12.6. The van der Waals surface area contributed by atoms with Gasteiger partial charge in [0.25, 0.3) is 0 Å². The Morgan fingerprint density at radius 2 is 1.67 bits per heavy atom. The second-order valence-corrected chi connectivity index (χ2v) is 7.59. The smallest absolute Gasteiger partial charge is 0.207 e. The molecule has 0 aromatic heterocycles. The van der Waals surface area contributed by atoms with Crippen LogP contribution in [0.3, 0.4) is 0 Å². The van der Waals surface area contributed by atoms with Crippen LogP contribution in [0.15, 0.2) is 45.8 Å². The Kier molecular flexibility index (Phi) is 4.86. The van der Waals surface area contributed by atoms with Gasteiger partial charge in [-0.1, -0.05) is 52.3 Å². The molecule has 0 aliphatic rings. The van der Waals surface area contributed by atoms with Crippen LogP contribution >= 0.6 is 15.9 Å². The molecule has 112 valence electrons. The standard InChI is InChI=1S/C16H18BrNO2S/c1-11-9-12(2)16(13(3)15(11)17)21(19,20)18-10-14-7-5-4-6-8-14/h4-9,18H,10H2,1-3H3. The van der Waals surface area contributed by atoms with E-state index in [-0.39, 0.29) is 6.54 Å². The molecule has 2 aromatic carbocycles. The van der Waals surface area contributed by atoms with E-state index >= 15 is 0 Å². The van der Waals surface area contributed by atoms with Crippen molar-refractivity contribution in [2.45, 2.75) is 32.2 Å². The van der Waals surface area contributed by atoms with E-state index in [1.54, 1.807) is 0 Å². The van der Waals surface area contributed by atoms with E-state index in [1.165, 1.54) is 0 Å². The van der Waals surface area contributed by atoms with Gasteiger partial charge in [-0.2, -0.15) is 0 Å². The molecule has 2 aromatic rings. The molecule has 0 saturated heterocycles. The van der Waals surface area contributed by atoms with Crippen LogP contribution in [0.4, 0.5) is 0 Å². The van der Waals surface area contributed by atoms with Crippen LogP contribution in [-0.2, 0) is 16.6 Å². The zero-order chi connectivity index (χ0) is 15.6. The number of hydrogen-bond acceptors (Lipinski definition) is 2. The Bertz CT molecular complexity index is 756. The molecule has 0 radical (unpaired) electrons. The fourth-order valence-electron chi connectivity index (χ4n) is 2.40. The highest BCUT2D eigenvalue weighted by Gasteiger charge is 2.21. The molecular weight excluding hydrogens is 350 g/mol. The lowest BCUT2D eigenvalue weighted by molar-refractivity contribution is 0.580. The topological polar surface area (TPSA) is 46.2 Å². The fourth-order valence-corrected chi connectivity index (χ4v) is 4.34. The highest BCUT2D eigenvalue weighted by atomic mass is 79.9. The maximum atomic E-state index is 12.6. The minimum atomic E-state index is -3.54. The number of rotatable bonds is 4. The summed E-state index contributed by atoms with van der Waals surface area (Å²) < 4.78 is 28.7. The molecule has 1 N–H and O–H groups in total. The molecule has 0 spiro atoms. The number of halogens is 1. The summed E-state index contributed by atoms with van der Waals surface area (Å²) in [6.45, 7) is 5.89. The lowest BCUT2D eigenvalue weighted by Gasteiger charge is -2.15. The number of nitrogens with one attached hydrogen (secondary N) is 1. The molecule has 0 fully saturated rings. The molecule has 3 nitrogen and oxygen atoms in total. The summed E-state index contributed by atoms with van der Waals surface area (Å²) in [4.78, 5) is 0.357. The summed E-state index contributed by atoms with van der Waals surface area (Å²) in [5.41, 5.74) is 3.47. The van der Waals surface area contributed by atoms with Crippen molar-refractivity contribution in [1.29, 1.82) is 0 Å². The van der Waals surface area contributed by atoms with Crippen molar-refractivity contribution in [2.24, 2.45) is 0 Å². The second-order valence-electron chi connectivity index (χ2n) is 5.09. The zero-order valence-electron chi connectivity index (χ0n) is 12.3. The van der Waals surface area contributed by atoms with Gasteiger partial charge < -0.3 is 0 Å². The lowest BCUT2D eigenvalue weighted by atomic mass is 10.1. The zero-order valence-corrected chi connectivity index (χ0v) is 14.7. The first-order chi connectivity index (χ1) is 9.83. The van der Waals surface area contributed by atoms with Crippen LogP contribution in [0.25, 0.3) is 0 Å². The second kappa shape index (κ2) is 6.30. The van der Waals surface area contributed by atoms with Crippen LogP contribution in [0.1, 0.15) is 22.3 Å². The minimum Gasteiger partial charge on any atom is -0.207 e. The first-order valence-electron chi connectivity index (χ1n) is 6.63. The Hall–Kier alpha value is -1.17. The van der Waals surface area contributed by atoms with Gasteiger partial charge in [0.15, 0.2) is 0 Å². The average molecular weight is 368 g/mol. The summed E-state index contributed by atoms with van der Waals surface area (Å²) in [5.74, 6) is 0. The summed E-state index contributed by atoms with van der Waals surface area (Å²) in [7, 11) is -3.54. The molecule has 0 saturated carbocycles. The van der Waals surface area contributed by atoms with Crippen LogP contribution < -0.4 is 4.72 Å². The molecule has 0 bridgehead atoms. The first kappa shape index (κ1) is 16.2.